The van der Waals surface area contributed by atoms with Crippen molar-refractivity contribution in [1.29, 1.82) is 0 Å². The van der Waals surface area contributed by atoms with Crippen LogP contribution in [0.4, 0.5) is 0 Å². The standard InChI is InChI=1S/C23H26ClNO4/c1-13(2)21(25-22(27)17-8-6-7-9-19(17)24)23(28)29-12-20(26)18-11-15(4)14(3)10-16(18)5/h6-11,13,21H,12H2,1-5H3,(H,25,27)/t21-/m0/s1. The highest BCUT2D eigenvalue weighted by molar-refractivity contribution is 6.33. The van der Waals surface area contributed by atoms with E-state index >= 15 is 0 Å². The van der Waals surface area contributed by atoms with Gasteiger partial charge in [-0.15, -0.1) is 0 Å². The van der Waals surface area contributed by atoms with Crippen molar-refractivity contribution in [3.05, 3.63) is 69.2 Å². The van der Waals surface area contributed by atoms with Gasteiger partial charge in [0.05, 0.1) is 10.6 Å². The summed E-state index contributed by atoms with van der Waals surface area (Å²) < 4.78 is 5.24. The molecule has 2 aromatic carbocycles. The molecule has 0 aliphatic rings. The van der Waals surface area contributed by atoms with Crippen LogP contribution in [0.15, 0.2) is 36.4 Å². The topological polar surface area (TPSA) is 72.5 Å². The van der Waals surface area contributed by atoms with Gasteiger partial charge < -0.3 is 10.1 Å². The fourth-order valence-corrected chi connectivity index (χ4v) is 3.15. The molecule has 0 fully saturated rings. The fourth-order valence-electron chi connectivity index (χ4n) is 2.93. The SMILES string of the molecule is Cc1cc(C)c(C(=O)COC(=O)[C@@H](NC(=O)c2ccccc2Cl)C(C)C)cc1C. The molecule has 154 valence electrons. The van der Waals surface area contributed by atoms with Crippen LogP contribution in [0.2, 0.25) is 5.02 Å². The summed E-state index contributed by atoms with van der Waals surface area (Å²) >= 11 is 6.05. The Morgan fingerprint density at radius 3 is 2.21 bits per heavy atom. The van der Waals surface area contributed by atoms with Crippen molar-refractivity contribution in [2.75, 3.05) is 6.61 Å². The molecule has 6 heteroatoms. The predicted molar refractivity (Wildman–Crippen MR) is 113 cm³/mol. The first-order chi connectivity index (χ1) is 13.6. The highest BCUT2D eigenvalue weighted by atomic mass is 35.5. The number of Topliss-reactive ketones (excluding diaryl/α,β-unsaturated/α-hetero) is 1. The Hall–Kier alpha value is -2.66. The van der Waals surface area contributed by atoms with Gasteiger partial charge in [0.2, 0.25) is 5.78 Å². The van der Waals surface area contributed by atoms with E-state index in [2.05, 4.69) is 5.32 Å². The van der Waals surface area contributed by atoms with Gasteiger partial charge in [0.25, 0.3) is 5.91 Å². The molecule has 0 unspecified atom stereocenters. The number of carbonyl (C=O) groups excluding carboxylic acids is 3. The molecular formula is C23H26ClNO4. The molecule has 0 bridgehead atoms. The minimum absolute atomic E-state index is 0.229. The summed E-state index contributed by atoms with van der Waals surface area (Å²) in [4.78, 5) is 37.6. The molecule has 2 aromatic rings. The maximum Gasteiger partial charge on any atom is 0.329 e. The fraction of sp³-hybridized carbons (Fsp3) is 0.348. The van der Waals surface area contributed by atoms with Crippen LogP contribution in [0.1, 0.15) is 51.3 Å². The van der Waals surface area contributed by atoms with Crippen molar-refractivity contribution >= 4 is 29.3 Å². The largest absolute Gasteiger partial charge is 0.456 e. The molecule has 0 heterocycles. The van der Waals surface area contributed by atoms with Gasteiger partial charge in [-0.2, -0.15) is 0 Å². The van der Waals surface area contributed by atoms with Crippen LogP contribution in [0, 0.1) is 26.7 Å². The Morgan fingerprint density at radius 1 is 0.966 bits per heavy atom. The van der Waals surface area contributed by atoms with Crippen molar-refractivity contribution in [1.82, 2.24) is 5.32 Å². The number of hydrogen-bond acceptors (Lipinski definition) is 4. The second kappa shape index (κ2) is 9.70. The predicted octanol–water partition coefficient (Wildman–Crippen LogP) is 4.45. The molecule has 1 atom stereocenters. The third-order valence-corrected chi connectivity index (χ3v) is 5.14. The second-order valence-corrected chi connectivity index (χ2v) is 7.86. The average molecular weight is 416 g/mol. The lowest BCUT2D eigenvalue weighted by atomic mass is 9.98. The molecule has 0 radical (unpaired) electrons. The summed E-state index contributed by atoms with van der Waals surface area (Å²) in [6, 6.07) is 9.43. The molecule has 0 saturated carbocycles. The van der Waals surface area contributed by atoms with Crippen molar-refractivity contribution < 1.29 is 19.1 Å². The lowest BCUT2D eigenvalue weighted by molar-refractivity contribution is -0.145. The first-order valence-corrected chi connectivity index (χ1v) is 9.82. The van der Waals surface area contributed by atoms with Crippen LogP contribution in [-0.2, 0) is 9.53 Å². The van der Waals surface area contributed by atoms with E-state index in [9.17, 15) is 14.4 Å². The third-order valence-electron chi connectivity index (χ3n) is 4.81. The average Bonchev–Trinajstić information content (AvgIpc) is 2.66. The van der Waals surface area contributed by atoms with Crippen LogP contribution in [0.25, 0.3) is 0 Å². The number of nitrogens with one attached hydrogen (secondary N) is 1. The van der Waals surface area contributed by atoms with Gasteiger partial charge in [0.15, 0.2) is 6.61 Å². The summed E-state index contributed by atoms with van der Waals surface area (Å²) in [5.41, 5.74) is 3.73. The molecule has 0 spiro atoms. The van der Waals surface area contributed by atoms with Gasteiger partial charge in [-0.25, -0.2) is 4.79 Å². The lowest BCUT2D eigenvalue weighted by Crippen LogP contribution is -2.45. The van der Waals surface area contributed by atoms with E-state index in [0.717, 1.165) is 16.7 Å². The molecule has 1 amide bonds. The van der Waals surface area contributed by atoms with Gasteiger partial charge in [-0.05, 0) is 61.6 Å². The van der Waals surface area contributed by atoms with Crippen molar-refractivity contribution in [2.45, 2.75) is 40.7 Å². The molecule has 0 aromatic heterocycles. The zero-order valence-corrected chi connectivity index (χ0v) is 18.1. The highest BCUT2D eigenvalue weighted by Gasteiger charge is 2.27. The van der Waals surface area contributed by atoms with Gasteiger partial charge in [-0.3, -0.25) is 9.59 Å². The van der Waals surface area contributed by atoms with Crippen LogP contribution in [-0.4, -0.2) is 30.3 Å². The maximum atomic E-state index is 12.6. The van der Waals surface area contributed by atoms with Gasteiger partial charge in [0.1, 0.15) is 6.04 Å². The molecule has 1 N–H and O–H groups in total. The van der Waals surface area contributed by atoms with Crippen LogP contribution in [0.5, 0.6) is 0 Å². The Balaban J connectivity index is 2.06. The number of halogens is 1. The van der Waals surface area contributed by atoms with Crippen LogP contribution < -0.4 is 5.32 Å². The van der Waals surface area contributed by atoms with E-state index in [4.69, 9.17) is 16.3 Å². The zero-order chi connectivity index (χ0) is 21.7. The Labute approximate surface area is 176 Å². The monoisotopic (exact) mass is 415 g/mol. The van der Waals surface area contributed by atoms with Gasteiger partial charge >= 0.3 is 5.97 Å². The number of aryl methyl sites for hydroxylation is 3. The Morgan fingerprint density at radius 2 is 1.59 bits per heavy atom. The summed E-state index contributed by atoms with van der Waals surface area (Å²) in [5.74, 6) is -1.64. The molecule has 2 rings (SSSR count). The van der Waals surface area contributed by atoms with Crippen LogP contribution >= 0.6 is 11.6 Å². The molecule has 29 heavy (non-hydrogen) atoms. The smallest absolute Gasteiger partial charge is 0.329 e. The number of benzene rings is 2. The Kier molecular flexibility index (Phi) is 7.57. The third kappa shape index (κ3) is 5.67. The van der Waals surface area contributed by atoms with E-state index in [1.807, 2.05) is 26.8 Å². The number of rotatable bonds is 7. The van der Waals surface area contributed by atoms with Gasteiger partial charge in [0, 0.05) is 5.56 Å². The first kappa shape index (κ1) is 22.6. The van der Waals surface area contributed by atoms with E-state index in [1.54, 1.807) is 44.2 Å². The molecule has 0 aliphatic carbocycles. The molecular weight excluding hydrogens is 390 g/mol. The van der Waals surface area contributed by atoms with E-state index in [-0.39, 0.29) is 23.9 Å². The zero-order valence-electron chi connectivity index (χ0n) is 17.3. The normalized spacial score (nSPS) is 11.8. The summed E-state index contributed by atoms with van der Waals surface area (Å²) in [6.07, 6.45) is 0. The number of ether oxygens (including phenoxy) is 1. The number of hydrogen-bond donors (Lipinski definition) is 1. The van der Waals surface area contributed by atoms with E-state index in [0.29, 0.717) is 10.6 Å². The minimum Gasteiger partial charge on any atom is -0.456 e. The highest BCUT2D eigenvalue weighted by Crippen LogP contribution is 2.17. The number of ketones is 1. The Bertz CT molecular complexity index is 936. The lowest BCUT2D eigenvalue weighted by Gasteiger charge is -2.21. The van der Waals surface area contributed by atoms with Crippen molar-refractivity contribution in [2.24, 2.45) is 5.92 Å². The van der Waals surface area contributed by atoms with Crippen molar-refractivity contribution in [3.8, 4) is 0 Å². The van der Waals surface area contributed by atoms with Crippen LogP contribution in [0.3, 0.4) is 0 Å². The van der Waals surface area contributed by atoms with Gasteiger partial charge in [-0.1, -0.05) is 43.6 Å². The minimum atomic E-state index is -0.896. The number of esters is 1. The van der Waals surface area contributed by atoms with E-state index < -0.39 is 17.9 Å². The number of carbonyl (C=O) groups is 3. The summed E-state index contributed by atoms with van der Waals surface area (Å²) in [6.45, 7) is 8.94. The first-order valence-electron chi connectivity index (χ1n) is 9.45. The second-order valence-electron chi connectivity index (χ2n) is 7.46. The molecule has 0 aliphatic heterocycles. The van der Waals surface area contributed by atoms with Crippen molar-refractivity contribution in [3.63, 3.8) is 0 Å². The summed E-state index contributed by atoms with van der Waals surface area (Å²) in [7, 11) is 0. The molecule has 5 nitrogen and oxygen atoms in total. The quantitative estimate of drug-likeness (QED) is 0.535. The number of amides is 1. The van der Waals surface area contributed by atoms with E-state index in [1.165, 1.54) is 0 Å². The molecule has 0 saturated heterocycles. The summed E-state index contributed by atoms with van der Waals surface area (Å²) in [5, 5.41) is 2.95. The maximum absolute atomic E-state index is 12.6.